The molecule has 0 spiro atoms. The number of carbonyl (C=O) groups is 2. The van der Waals surface area contributed by atoms with Crippen LogP contribution >= 0.6 is 0 Å². The first-order valence-corrected chi connectivity index (χ1v) is 9.85. The van der Waals surface area contributed by atoms with Crippen molar-refractivity contribution >= 4 is 17.5 Å². The summed E-state index contributed by atoms with van der Waals surface area (Å²) >= 11 is 0. The number of hydrogen-bond acceptors (Lipinski definition) is 3. The zero-order chi connectivity index (χ0) is 19.0. The third-order valence-electron chi connectivity index (χ3n) is 6.58. The number of rotatable bonds is 6. The summed E-state index contributed by atoms with van der Waals surface area (Å²) in [6.07, 6.45) is 8.10. The van der Waals surface area contributed by atoms with Gasteiger partial charge in [0.05, 0.1) is 19.3 Å². The number of nitrogens with one attached hydrogen (secondary N) is 2. The second-order valence-corrected chi connectivity index (χ2v) is 8.76. The van der Waals surface area contributed by atoms with Gasteiger partial charge < -0.3 is 15.4 Å². The molecule has 1 aromatic rings. The van der Waals surface area contributed by atoms with E-state index in [9.17, 15) is 14.0 Å². The minimum atomic E-state index is -0.436. The average molecular weight is 374 g/mol. The van der Waals surface area contributed by atoms with E-state index < -0.39 is 5.82 Å². The van der Waals surface area contributed by atoms with Crippen LogP contribution in [0.5, 0.6) is 5.75 Å². The lowest BCUT2D eigenvalue weighted by Crippen LogP contribution is -2.48. The fraction of sp³-hybridized carbons (Fsp3) is 0.619. The smallest absolute Gasteiger partial charge is 0.243 e. The van der Waals surface area contributed by atoms with E-state index in [1.807, 2.05) is 0 Å². The minimum Gasteiger partial charge on any atom is -0.494 e. The van der Waals surface area contributed by atoms with Gasteiger partial charge in [0.1, 0.15) is 11.6 Å². The summed E-state index contributed by atoms with van der Waals surface area (Å²) in [7, 11) is 1.41. The van der Waals surface area contributed by atoms with Crippen LogP contribution in [0, 0.1) is 29.0 Å². The van der Waals surface area contributed by atoms with Crippen LogP contribution < -0.4 is 15.4 Å². The van der Waals surface area contributed by atoms with Crippen LogP contribution in [-0.4, -0.2) is 25.5 Å². The van der Waals surface area contributed by atoms with Crippen molar-refractivity contribution < 1.29 is 18.7 Å². The van der Waals surface area contributed by atoms with Crippen LogP contribution in [0.2, 0.25) is 0 Å². The second kappa shape index (κ2) is 7.13. The van der Waals surface area contributed by atoms with Gasteiger partial charge in [-0.25, -0.2) is 4.39 Å². The Kier molecular flexibility index (Phi) is 4.82. The Labute approximate surface area is 159 Å². The lowest BCUT2D eigenvalue weighted by atomic mass is 9.49. The van der Waals surface area contributed by atoms with E-state index in [-0.39, 0.29) is 29.5 Å². The first-order valence-electron chi connectivity index (χ1n) is 9.85. The molecule has 4 fully saturated rings. The highest BCUT2D eigenvalue weighted by Crippen LogP contribution is 2.61. The fourth-order valence-electron chi connectivity index (χ4n) is 6.05. The Balaban J connectivity index is 1.29. The van der Waals surface area contributed by atoms with Gasteiger partial charge in [-0.1, -0.05) is 0 Å². The van der Waals surface area contributed by atoms with Gasteiger partial charge in [0.25, 0.3) is 0 Å². The summed E-state index contributed by atoms with van der Waals surface area (Å²) in [4.78, 5) is 24.6. The highest BCUT2D eigenvalue weighted by Gasteiger charge is 2.51. The van der Waals surface area contributed by atoms with Crippen molar-refractivity contribution in [1.82, 2.24) is 5.32 Å². The van der Waals surface area contributed by atoms with Crippen molar-refractivity contribution in [2.75, 3.05) is 19.0 Å². The summed E-state index contributed by atoms with van der Waals surface area (Å²) in [5.41, 5.74) is 0.550. The summed E-state index contributed by atoms with van der Waals surface area (Å²) in [6, 6.07) is 3.91. The predicted molar refractivity (Wildman–Crippen MR) is 99.8 cm³/mol. The molecule has 1 aromatic carbocycles. The molecule has 0 aromatic heterocycles. The molecule has 4 bridgehead atoms. The number of ether oxygens (including phenoxy) is 1. The van der Waals surface area contributed by atoms with Crippen LogP contribution in [0.15, 0.2) is 18.2 Å². The molecule has 5 nitrogen and oxygen atoms in total. The molecule has 0 saturated heterocycles. The van der Waals surface area contributed by atoms with Gasteiger partial charge in [-0.15, -0.1) is 0 Å². The van der Waals surface area contributed by atoms with Gasteiger partial charge in [0, 0.05) is 12.5 Å². The molecule has 4 aliphatic carbocycles. The molecule has 0 atom stereocenters. The number of halogens is 1. The van der Waals surface area contributed by atoms with Gasteiger partial charge in [0.15, 0.2) is 0 Å². The molecular formula is C21H27FN2O3. The van der Waals surface area contributed by atoms with Gasteiger partial charge in [-0.05, 0) is 73.8 Å². The Morgan fingerprint density at radius 3 is 2.33 bits per heavy atom. The SMILES string of the molecule is COc1cc(F)ccc1NC(=O)CNC(=O)CC12CC3CC(CC(C3)C1)C2. The molecule has 2 amide bonds. The first kappa shape index (κ1) is 18.3. The quantitative estimate of drug-likeness (QED) is 0.801. The Morgan fingerprint density at radius 2 is 1.74 bits per heavy atom. The number of benzene rings is 1. The second-order valence-electron chi connectivity index (χ2n) is 8.76. The van der Waals surface area contributed by atoms with E-state index in [1.165, 1.54) is 63.8 Å². The topological polar surface area (TPSA) is 67.4 Å². The van der Waals surface area contributed by atoms with Gasteiger partial charge in [0.2, 0.25) is 11.8 Å². The molecule has 146 valence electrons. The molecular weight excluding hydrogens is 347 g/mol. The predicted octanol–water partition coefficient (Wildman–Crippen LogP) is 3.50. The summed E-state index contributed by atoms with van der Waals surface area (Å²) in [6.45, 7) is -0.0915. The van der Waals surface area contributed by atoms with E-state index >= 15 is 0 Å². The zero-order valence-electron chi connectivity index (χ0n) is 15.7. The molecule has 0 radical (unpaired) electrons. The van der Waals surface area contributed by atoms with Gasteiger partial charge in [-0.2, -0.15) is 0 Å². The standard InChI is InChI=1S/C21H27FN2O3/c1-27-18-7-16(22)2-3-17(18)24-20(26)12-23-19(25)11-21-8-13-4-14(9-21)6-15(5-13)10-21/h2-3,7,13-15H,4-6,8-12H2,1H3,(H,23,25)(H,24,26). The number of methoxy groups -OCH3 is 1. The first-order chi connectivity index (χ1) is 12.9. The fourth-order valence-corrected chi connectivity index (χ4v) is 6.05. The van der Waals surface area contributed by atoms with Crippen molar-refractivity contribution in [3.05, 3.63) is 24.0 Å². The summed E-state index contributed by atoms with van der Waals surface area (Å²) < 4.78 is 18.3. The third-order valence-corrected chi connectivity index (χ3v) is 6.58. The maximum atomic E-state index is 13.2. The molecule has 0 aliphatic heterocycles. The van der Waals surface area contributed by atoms with Crippen LogP contribution in [-0.2, 0) is 9.59 Å². The highest BCUT2D eigenvalue weighted by atomic mass is 19.1. The third kappa shape index (κ3) is 3.94. The van der Waals surface area contributed by atoms with E-state index in [4.69, 9.17) is 4.74 Å². The molecule has 0 heterocycles. The molecule has 5 rings (SSSR count). The van der Waals surface area contributed by atoms with Gasteiger partial charge in [-0.3, -0.25) is 9.59 Å². The Bertz CT molecular complexity index is 714. The summed E-state index contributed by atoms with van der Waals surface area (Å²) in [5.74, 6) is 1.84. The van der Waals surface area contributed by atoms with Gasteiger partial charge >= 0.3 is 0 Å². The van der Waals surface area contributed by atoms with E-state index in [1.54, 1.807) is 0 Å². The van der Waals surface area contributed by atoms with Crippen molar-refractivity contribution in [2.24, 2.45) is 23.2 Å². The molecule has 0 unspecified atom stereocenters. The maximum absolute atomic E-state index is 13.2. The van der Waals surface area contributed by atoms with Crippen molar-refractivity contribution in [2.45, 2.75) is 44.9 Å². The average Bonchev–Trinajstić information content (AvgIpc) is 2.60. The van der Waals surface area contributed by atoms with Crippen LogP contribution in [0.4, 0.5) is 10.1 Å². The van der Waals surface area contributed by atoms with Crippen molar-refractivity contribution in [3.8, 4) is 5.75 Å². The molecule has 4 aliphatic rings. The lowest BCUT2D eigenvalue weighted by Gasteiger charge is -2.56. The largest absolute Gasteiger partial charge is 0.494 e. The Morgan fingerprint density at radius 1 is 1.11 bits per heavy atom. The van der Waals surface area contributed by atoms with Crippen LogP contribution in [0.1, 0.15) is 44.9 Å². The lowest BCUT2D eigenvalue weighted by molar-refractivity contribution is -0.131. The van der Waals surface area contributed by atoms with Crippen LogP contribution in [0.3, 0.4) is 0 Å². The van der Waals surface area contributed by atoms with E-state index in [2.05, 4.69) is 10.6 Å². The van der Waals surface area contributed by atoms with Crippen molar-refractivity contribution in [3.63, 3.8) is 0 Å². The Hall–Kier alpha value is -2.11. The number of anilines is 1. The number of hydrogen-bond donors (Lipinski definition) is 2. The maximum Gasteiger partial charge on any atom is 0.243 e. The molecule has 27 heavy (non-hydrogen) atoms. The highest BCUT2D eigenvalue weighted by molar-refractivity contribution is 5.95. The van der Waals surface area contributed by atoms with E-state index in [0.717, 1.165) is 17.8 Å². The number of amides is 2. The molecule has 2 N–H and O–H groups in total. The normalized spacial score (nSPS) is 30.8. The zero-order valence-corrected chi connectivity index (χ0v) is 15.7. The number of carbonyl (C=O) groups excluding carboxylic acids is 2. The minimum absolute atomic E-state index is 0.0434. The van der Waals surface area contributed by atoms with Crippen LogP contribution in [0.25, 0.3) is 0 Å². The monoisotopic (exact) mass is 374 g/mol. The molecule has 6 heteroatoms. The van der Waals surface area contributed by atoms with E-state index in [0.29, 0.717) is 12.1 Å². The van der Waals surface area contributed by atoms with Crippen molar-refractivity contribution in [1.29, 1.82) is 0 Å². The molecule has 4 saturated carbocycles. The summed E-state index contributed by atoms with van der Waals surface area (Å²) in [5, 5.41) is 5.42.